The van der Waals surface area contributed by atoms with Crippen LogP contribution in [-0.2, 0) is 4.74 Å². The van der Waals surface area contributed by atoms with Crippen LogP contribution in [-0.4, -0.2) is 30.8 Å². The smallest absolute Gasteiger partial charge is 0.187 e. The van der Waals surface area contributed by atoms with E-state index in [-0.39, 0.29) is 0 Å². The van der Waals surface area contributed by atoms with Crippen LogP contribution < -0.4 is 10.6 Å². The Kier molecular flexibility index (Phi) is 3.43. The Morgan fingerprint density at radius 3 is 3.27 bits per heavy atom. The largest absolute Gasteiger partial charge is 0.383 e. The number of rotatable bonds is 4. The fraction of sp³-hybridized carbons (Fsp3) is 0.700. The van der Waals surface area contributed by atoms with Gasteiger partial charge >= 0.3 is 0 Å². The molecule has 1 aliphatic heterocycles. The zero-order valence-electron chi connectivity index (χ0n) is 8.98. The summed E-state index contributed by atoms with van der Waals surface area (Å²) in [7, 11) is 0. The molecule has 1 aromatic rings. The zero-order valence-corrected chi connectivity index (χ0v) is 9.80. The van der Waals surface area contributed by atoms with Gasteiger partial charge in [0.25, 0.3) is 0 Å². The lowest BCUT2D eigenvalue weighted by Crippen LogP contribution is -2.22. The van der Waals surface area contributed by atoms with Crippen LogP contribution in [0, 0.1) is 0 Å². The quantitative estimate of drug-likeness (QED) is 0.851. The van der Waals surface area contributed by atoms with E-state index in [0.29, 0.717) is 11.9 Å². The summed E-state index contributed by atoms with van der Waals surface area (Å²) in [6, 6.07) is 0. The summed E-state index contributed by atoms with van der Waals surface area (Å²) >= 11 is 1.61. The minimum absolute atomic E-state index is 0.370. The van der Waals surface area contributed by atoms with Gasteiger partial charge in [-0.15, -0.1) is 11.3 Å². The summed E-state index contributed by atoms with van der Waals surface area (Å²) in [5, 5.41) is 2.91. The van der Waals surface area contributed by atoms with E-state index in [0.717, 1.165) is 37.7 Å². The summed E-state index contributed by atoms with van der Waals surface area (Å²) in [5.41, 5.74) is 5.60. The van der Waals surface area contributed by atoms with Crippen LogP contribution in [0.1, 0.15) is 19.8 Å². The lowest BCUT2D eigenvalue weighted by molar-refractivity contribution is 0.0688. The van der Waals surface area contributed by atoms with Crippen LogP contribution in [0.2, 0.25) is 0 Å². The second-order valence-electron chi connectivity index (χ2n) is 3.78. The van der Waals surface area contributed by atoms with Crippen molar-refractivity contribution in [2.45, 2.75) is 25.9 Å². The van der Waals surface area contributed by atoms with E-state index in [9.17, 15) is 0 Å². The van der Waals surface area contributed by atoms with E-state index in [1.165, 1.54) is 0 Å². The molecule has 0 unspecified atom stereocenters. The Hall–Kier alpha value is -0.810. The van der Waals surface area contributed by atoms with Crippen LogP contribution in [0.5, 0.6) is 0 Å². The molecule has 0 amide bonds. The summed E-state index contributed by atoms with van der Waals surface area (Å²) in [6.07, 6.45) is 2.55. The summed E-state index contributed by atoms with van der Waals surface area (Å²) < 4.78 is 5.71. The lowest BCUT2D eigenvalue weighted by Gasteiger charge is -2.14. The van der Waals surface area contributed by atoms with Gasteiger partial charge in [0.2, 0.25) is 0 Å². The number of hydrogen-bond acceptors (Lipinski definition) is 5. The number of aromatic nitrogens is 1. The topological polar surface area (TPSA) is 51.4 Å². The molecular formula is C10H17N3OS. The summed E-state index contributed by atoms with van der Waals surface area (Å²) in [6.45, 7) is 4.97. The Morgan fingerprint density at radius 1 is 1.73 bits per heavy atom. The van der Waals surface area contributed by atoms with Crippen molar-refractivity contribution in [1.29, 1.82) is 0 Å². The van der Waals surface area contributed by atoms with Gasteiger partial charge in [-0.3, -0.25) is 0 Å². The van der Waals surface area contributed by atoms with Gasteiger partial charge in [0, 0.05) is 25.1 Å². The lowest BCUT2D eigenvalue weighted by atomic mass is 10.3. The normalized spacial score (nSPS) is 21.1. The Bertz CT molecular complexity index is 315. The Labute approximate surface area is 94.1 Å². The molecular weight excluding hydrogens is 210 g/mol. The highest BCUT2D eigenvalue weighted by molar-refractivity contribution is 7.14. The van der Waals surface area contributed by atoms with E-state index in [1.807, 2.05) is 5.38 Å². The highest BCUT2D eigenvalue weighted by atomic mass is 32.1. The molecule has 2 heterocycles. The highest BCUT2D eigenvalue weighted by Gasteiger charge is 2.24. The molecule has 0 radical (unpaired) electrons. The molecule has 0 aliphatic carbocycles. The first-order chi connectivity index (χ1) is 7.29. The van der Waals surface area contributed by atoms with Gasteiger partial charge < -0.3 is 15.4 Å². The molecule has 1 aliphatic rings. The number of ether oxygens (including phenoxy) is 1. The number of nitrogens with two attached hydrogens (primary N) is 1. The molecule has 0 bridgehead atoms. The predicted octanol–water partition coefficient (Wildman–Crippen LogP) is 1.73. The first kappa shape index (κ1) is 10.7. The Morgan fingerprint density at radius 2 is 2.60 bits per heavy atom. The van der Waals surface area contributed by atoms with Crippen LogP contribution in [0.15, 0.2) is 5.38 Å². The monoisotopic (exact) mass is 227 g/mol. The fourth-order valence-corrected chi connectivity index (χ4v) is 2.50. The van der Waals surface area contributed by atoms with Gasteiger partial charge in [-0.2, -0.15) is 0 Å². The average Bonchev–Trinajstić information content (AvgIpc) is 2.83. The molecule has 1 aromatic heterocycles. The van der Waals surface area contributed by atoms with Gasteiger partial charge in [-0.25, -0.2) is 4.98 Å². The van der Waals surface area contributed by atoms with Gasteiger partial charge in [0.15, 0.2) is 5.13 Å². The third-order valence-electron chi connectivity index (χ3n) is 2.48. The van der Waals surface area contributed by atoms with Crippen molar-refractivity contribution in [1.82, 2.24) is 4.98 Å². The van der Waals surface area contributed by atoms with Crippen molar-refractivity contribution in [3.63, 3.8) is 0 Å². The molecule has 15 heavy (non-hydrogen) atoms. The molecule has 0 aromatic carbocycles. The number of nitrogens with zero attached hydrogens (tertiary/aromatic N) is 2. The zero-order chi connectivity index (χ0) is 10.7. The molecule has 1 saturated heterocycles. The molecule has 0 spiro atoms. The molecule has 0 saturated carbocycles. The van der Waals surface area contributed by atoms with Crippen molar-refractivity contribution in [3.8, 4) is 0 Å². The maximum absolute atomic E-state index is 5.71. The van der Waals surface area contributed by atoms with Crippen molar-refractivity contribution >= 4 is 22.3 Å². The van der Waals surface area contributed by atoms with Gasteiger partial charge in [-0.05, 0) is 12.8 Å². The summed E-state index contributed by atoms with van der Waals surface area (Å²) in [4.78, 5) is 6.53. The minimum atomic E-state index is 0.370. The number of nitrogen functional groups attached to an aromatic ring is 1. The minimum Gasteiger partial charge on any atom is -0.383 e. The SMILES string of the molecule is CCCO[C@H]1CCN(c2nc(N)cs2)C1. The van der Waals surface area contributed by atoms with E-state index >= 15 is 0 Å². The molecule has 2 N–H and O–H groups in total. The Balaban J connectivity index is 1.87. The van der Waals surface area contributed by atoms with E-state index in [1.54, 1.807) is 11.3 Å². The van der Waals surface area contributed by atoms with Crippen molar-refractivity contribution in [2.24, 2.45) is 0 Å². The fourth-order valence-electron chi connectivity index (χ4n) is 1.74. The first-order valence-corrected chi connectivity index (χ1v) is 6.25. The van der Waals surface area contributed by atoms with Crippen LogP contribution in [0.4, 0.5) is 10.9 Å². The van der Waals surface area contributed by atoms with Crippen LogP contribution >= 0.6 is 11.3 Å². The van der Waals surface area contributed by atoms with Gasteiger partial charge in [-0.1, -0.05) is 6.92 Å². The molecule has 5 heteroatoms. The standard InChI is InChI=1S/C10H17N3OS/c1-2-5-14-8-3-4-13(6-8)10-12-9(11)7-15-10/h7-8H,2-6,11H2,1H3/t8-/m0/s1. The maximum atomic E-state index is 5.71. The third kappa shape index (κ3) is 2.60. The number of hydrogen-bond donors (Lipinski definition) is 1. The highest BCUT2D eigenvalue weighted by Crippen LogP contribution is 2.26. The molecule has 84 valence electrons. The van der Waals surface area contributed by atoms with E-state index in [4.69, 9.17) is 10.5 Å². The molecule has 4 nitrogen and oxygen atoms in total. The number of thiazole rings is 1. The van der Waals surface area contributed by atoms with Crippen molar-refractivity contribution in [3.05, 3.63) is 5.38 Å². The third-order valence-corrected chi connectivity index (χ3v) is 3.40. The maximum Gasteiger partial charge on any atom is 0.187 e. The number of anilines is 2. The first-order valence-electron chi connectivity index (χ1n) is 5.37. The summed E-state index contributed by atoms with van der Waals surface area (Å²) in [5.74, 6) is 0.618. The van der Waals surface area contributed by atoms with Crippen molar-refractivity contribution < 1.29 is 4.74 Å². The second-order valence-corrected chi connectivity index (χ2v) is 4.62. The molecule has 1 fully saturated rings. The van der Waals surface area contributed by atoms with Crippen LogP contribution in [0.3, 0.4) is 0 Å². The van der Waals surface area contributed by atoms with E-state index < -0.39 is 0 Å². The predicted molar refractivity (Wildman–Crippen MR) is 63.4 cm³/mol. The van der Waals surface area contributed by atoms with Crippen molar-refractivity contribution in [2.75, 3.05) is 30.3 Å². The second kappa shape index (κ2) is 4.81. The molecule has 1 atom stereocenters. The average molecular weight is 227 g/mol. The van der Waals surface area contributed by atoms with Gasteiger partial charge in [0.1, 0.15) is 5.82 Å². The molecule has 2 rings (SSSR count). The van der Waals surface area contributed by atoms with E-state index in [2.05, 4.69) is 16.8 Å². The van der Waals surface area contributed by atoms with Gasteiger partial charge in [0.05, 0.1) is 6.10 Å². The van der Waals surface area contributed by atoms with Crippen LogP contribution in [0.25, 0.3) is 0 Å².